The molecule has 3 unspecified atom stereocenters. The predicted octanol–water partition coefficient (Wildman–Crippen LogP) is 1.90. The van der Waals surface area contributed by atoms with Crippen LogP contribution < -0.4 is 0 Å². The maximum atomic E-state index is 12.7. The molecule has 8 heteroatoms. The molecule has 0 radical (unpaired) electrons. The summed E-state index contributed by atoms with van der Waals surface area (Å²) in [5.74, 6) is -3.07. The molecule has 0 spiro atoms. The second-order valence-electron chi connectivity index (χ2n) is 7.60. The molecule has 1 aromatic rings. The fourth-order valence-electron chi connectivity index (χ4n) is 4.17. The minimum absolute atomic E-state index is 0.165. The van der Waals surface area contributed by atoms with Crippen molar-refractivity contribution < 1.29 is 28.7 Å². The van der Waals surface area contributed by atoms with E-state index in [4.69, 9.17) is 4.74 Å². The van der Waals surface area contributed by atoms with Crippen molar-refractivity contribution in [1.29, 1.82) is 0 Å². The van der Waals surface area contributed by atoms with E-state index < -0.39 is 36.2 Å². The highest BCUT2D eigenvalue weighted by atomic mass is 16.5. The fourth-order valence-corrected chi connectivity index (χ4v) is 4.17. The molecule has 2 amide bonds. The number of ether oxygens (including phenoxy) is 1. The van der Waals surface area contributed by atoms with Crippen molar-refractivity contribution in [2.45, 2.75) is 46.6 Å². The minimum Gasteiger partial charge on any atom is -0.453 e. The van der Waals surface area contributed by atoms with Crippen LogP contribution in [0.5, 0.6) is 0 Å². The molecule has 8 nitrogen and oxygen atoms in total. The van der Waals surface area contributed by atoms with Gasteiger partial charge >= 0.3 is 5.97 Å². The summed E-state index contributed by atoms with van der Waals surface area (Å²) in [6.07, 6.45) is 3.57. The summed E-state index contributed by atoms with van der Waals surface area (Å²) in [5.41, 5.74) is 1.72. The lowest BCUT2D eigenvalue weighted by Gasteiger charge is -2.16. The SMILES string of the molecule is CC(=O)c1c(C)[nH]c(C(=O)C(C)OC(=O)CN2C(=O)C3CC=CCC3C2=O)c1C. The maximum absolute atomic E-state index is 12.7. The molecule has 3 rings (SSSR count). The number of nitrogens with one attached hydrogen (secondary N) is 1. The number of aryl methyl sites for hydroxylation is 1. The van der Waals surface area contributed by atoms with Gasteiger partial charge in [0.05, 0.1) is 17.5 Å². The zero-order valence-electron chi connectivity index (χ0n) is 16.9. The molecule has 29 heavy (non-hydrogen) atoms. The lowest BCUT2D eigenvalue weighted by atomic mass is 9.85. The predicted molar refractivity (Wildman–Crippen MR) is 102 cm³/mol. The maximum Gasteiger partial charge on any atom is 0.326 e. The van der Waals surface area contributed by atoms with Crippen molar-refractivity contribution in [3.05, 3.63) is 34.7 Å². The summed E-state index contributed by atoms with van der Waals surface area (Å²) in [4.78, 5) is 65.4. The third kappa shape index (κ3) is 3.66. The number of allylic oxidation sites excluding steroid dienone is 2. The van der Waals surface area contributed by atoms with Crippen molar-refractivity contribution >= 4 is 29.4 Å². The van der Waals surface area contributed by atoms with Crippen LogP contribution >= 0.6 is 0 Å². The highest BCUT2D eigenvalue weighted by Gasteiger charge is 2.48. The second kappa shape index (κ2) is 7.77. The van der Waals surface area contributed by atoms with Crippen molar-refractivity contribution in [2.24, 2.45) is 11.8 Å². The molecule has 3 atom stereocenters. The first-order valence-electron chi connectivity index (χ1n) is 9.57. The Morgan fingerprint density at radius 3 is 2.17 bits per heavy atom. The number of carbonyl (C=O) groups excluding carboxylic acids is 5. The van der Waals surface area contributed by atoms with Crippen LogP contribution in [0.4, 0.5) is 0 Å². The molecule has 1 aliphatic carbocycles. The molecule has 1 aliphatic heterocycles. The summed E-state index contributed by atoms with van der Waals surface area (Å²) in [5, 5.41) is 0. The molecule has 0 aromatic carbocycles. The summed E-state index contributed by atoms with van der Waals surface area (Å²) in [6.45, 7) is 5.66. The van der Waals surface area contributed by atoms with Gasteiger partial charge in [0.15, 0.2) is 11.9 Å². The smallest absolute Gasteiger partial charge is 0.326 e. The van der Waals surface area contributed by atoms with Gasteiger partial charge in [-0.1, -0.05) is 12.2 Å². The Labute approximate surface area is 168 Å². The summed E-state index contributed by atoms with van der Waals surface area (Å²) in [6, 6.07) is 0. The van der Waals surface area contributed by atoms with Crippen LogP contribution in [0.25, 0.3) is 0 Å². The number of esters is 1. The zero-order valence-corrected chi connectivity index (χ0v) is 16.9. The monoisotopic (exact) mass is 400 g/mol. The first-order valence-corrected chi connectivity index (χ1v) is 9.57. The Bertz CT molecular complexity index is 915. The van der Waals surface area contributed by atoms with Gasteiger partial charge < -0.3 is 9.72 Å². The van der Waals surface area contributed by atoms with Crippen LogP contribution in [-0.2, 0) is 19.1 Å². The molecule has 1 aromatic heterocycles. The number of Topliss-reactive ketones (excluding diaryl/α,β-unsaturated/α-hetero) is 2. The molecular formula is C21H24N2O6. The van der Waals surface area contributed by atoms with Gasteiger partial charge in [-0.05, 0) is 46.1 Å². The minimum atomic E-state index is -1.13. The number of aromatic nitrogens is 1. The third-order valence-electron chi connectivity index (χ3n) is 5.60. The van der Waals surface area contributed by atoms with Crippen LogP contribution in [0.2, 0.25) is 0 Å². The number of hydrogen-bond acceptors (Lipinski definition) is 6. The van der Waals surface area contributed by atoms with Gasteiger partial charge in [0.1, 0.15) is 6.54 Å². The van der Waals surface area contributed by atoms with E-state index in [9.17, 15) is 24.0 Å². The van der Waals surface area contributed by atoms with Gasteiger partial charge in [-0.25, -0.2) is 0 Å². The second-order valence-corrected chi connectivity index (χ2v) is 7.60. The Kier molecular flexibility index (Phi) is 5.55. The van der Waals surface area contributed by atoms with Crippen molar-refractivity contribution in [3.63, 3.8) is 0 Å². The quantitative estimate of drug-likeness (QED) is 0.338. The van der Waals surface area contributed by atoms with Gasteiger partial charge in [0, 0.05) is 11.3 Å². The Morgan fingerprint density at radius 2 is 1.69 bits per heavy atom. The average Bonchev–Trinajstić information content (AvgIpc) is 3.09. The first-order chi connectivity index (χ1) is 13.6. The fraction of sp³-hybridized carbons (Fsp3) is 0.476. The molecule has 1 fully saturated rings. The number of hydrogen-bond donors (Lipinski definition) is 1. The van der Waals surface area contributed by atoms with Gasteiger partial charge in [0.2, 0.25) is 17.6 Å². The van der Waals surface area contributed by atoms with E-state index in [-0.39, 0.29) is 23.3 Å². The number of amides is 2. The van der Waals surface area contributed by atoms with Crippen LogP contribution in [-0.4, -0.2) is 51.9 Å². The topological polar surface area (TPSA) is 114 Å². The van der Waals surface area contributed by atoms with E-state index in [0.29, 0.717) is 29.7 Å². The van der Waals surface area contributed by atoms with Gasteiger partial charge in [0.25, 0.3) is 0 Å². The van der Waals surface area contributed by atoms with Crippen molar-refractivity contribution in [1.82, 2.24) is 9.88 Å². The largest absolute Gasteiger partial charge is 0.453 e. The normalized spacial score (nSPS) is 21.9. The number of imide groups is 1. The Balaban J connectivity index is 1.66. The summed E-state index contributed by atoms with van der Waals surface area (Å²) >= 11 is 0. The van der Waals surface area contributed by atoms with E-state index in [1.807, 2.05) is 12.2 Å². The van der Waals surface area contributed by atoms with Crippen molar-refractivity contribution in [3.8, 4) is 0 Å². The van der Waals surface area contributed by atoms with Crippen LogP contribution in [0.3, 0.4) is 0 Å². The number of carbonyl (C=O) groups is 5. The highest BCUT2D eigenvalue weighted by molar-refractivity contribution is 6.08. The number of likely N-dealkylation sites (tertiary alicyclic amines) is 1. The third-order valence-corrected chi connectivity index (χ3v) is 5.60. The Hall–Kier alpha value is -3.03. The molecule has 2 heterocycles. The van der Waals surface area contributed by atoms with Gasteiger partial charge in [-0.15, -0.1) is 0 Å². The molecule has 1 saturated heterocycles. The molecule has 154 valence electrons. The Morgan fingerprint density at radius 1 is 1.14 bits per heavy atom. The first kappa shape index (κ1) is 20.7. The number of fused-ring (bicyclic) bond motifs is 1. The lowest BCUT2D eigenvalue weighted by molar-refractivity contribution is -0.154. The molecular weight excluding hydrogens is 376 g/mol. The number of rotatable bonds is 6. The molecule has 2 aliphatic rings. The lowest BCUT2D eigenvalue weighted by Crippen LogP contribution is -2.38. The summed E-state index contributed by atoms with van der Waals surface area (Å²) in [7, 11) is 0. The number of aromatic amines is 1. The van der Waals surface area contributed by atoms with Crippen LogP contribution in [0.1, 0.15) is 58.8 Å². The van der Waals surface area contributed by atoms with E-state index >= 15 is 0 Å². The number of H-pyrrole nitrogens is 1. The van der Waals surface area contributed by atoms with Gasteiger partial charge in [-0.2, -0.15) is 0 Å². The highest BCUT2D eigenvalue weighted by Crippen LogP contribution is 2.34. The van der Waals surface area contributed by atoms with Crippen LogP contribution in [0, 0.1) is 25.7 Å². The standard InChI is InChI=1S/C21H24N2O6/c1-10-17(12(3)24)11(2)22-18(10)19(26)13(4)29-16(25)9-23-20(27)14-7-5-6-8-15(14)21(23)28/h5-6,13-15,22H,7-9H2,1-4H3. The zero-order chi connectivity index (χ0) is 21.5. The van der Waals surface area contributed by atoms with Gasteiger partial charge in [-0.3, -0.25) is 28.9 Å². The molecule has 0 saturated carbocycles. The molecule has 1 N–H and O–H groups in total. The van der Waals surface area contributed by atoms with Crippen LogP contribution in [0.15, 0.2) is 12.2 Å². The van der Waals surface area contributed by atoms with E-state index in [1.54, 1.807) is 13.8 Å². The number of ketones is 2. The van der Waals surface area contributed by atoms with E-state index in [2.05, 4.69) is 4.98 Å². The van der Waals surface area contributed by atoms with E-state index in [0.717, 1.165) is 4.90 Å². The average molecular weight is 400 g/mol. The van der Waals surface area contributed by atoms with Crippen molar-refractivity contribution in [2.75, 3.05) is 6.54 Å². The van der Waals surface area contributed by atoms with E-state index in [1.165, 1.54) is 13.8 Å². The molecule has 0 bridgehead atoms. The summed E-state index contributed by atoms with van der Waals surface area (Å²) < 4.78 is 5.19. The number of nitrogens with zero attached hydrogens (tertiary/aromatic N) is 1.